The van der Waals surface area contributed by atoms with E-state index in [4.69, 9.17) is 11.6 Å². The number of hydrogen-bond acceptors (Lipinski definition) is 5. The van der Waals surface area contributed by atoms with Gasteiger partial charge in [-0.2, -0.15) is 9.40 Å². The van der Waals surface area contributed by atoms with Crippen molar-refractivity contribution in [2.75, 3.05) is 31.1 Å². The first-order valence-electron chi connectivity index (χ1n) is 11.7. The lowest BCUT2D eigenvalue weighted by atomic mass is 10.1. The van der Waals surface area contributed by atoms with Gasteiger partial charge in [-0.1, -0.05) is 29.8 Å². The Bertz CT molecular complexity index is 1380. The third kappa shape index (κ3) is 5.25. The van der Waals surface area contributed by atoms with Gasteiger partial charge in [0.15, 0.2) is 0 Å². The van der Waals surface area contributed by atoms with Gasteiger partial charge in [-0.05, 0) is 55.7 Å². The van der Waals surface area contributed by atoms with Gasteiger partial charge in [-0.3, -0.25) is 9.48 Å². The number of rotatable bonds is 7. The molecule has 0 aliphatic carbocycles. The number of aromatic nitrogens is 2. The van der Waals surface area contributed by atoms with Crippen LogP contribution in [0.2, 0.25) is 5.02 Å². The first-order chi connectivity index (χ1) is 17.1. The van der Waals surface area contributed by atoms with E-state index in [0.717, 1.165) is 5.69 Å². The molecule has 36 heavy (non-hydrogen) atoms. The lowest BCUT2D eigenvalue weighted by molar-refractivity contribution is 0.0947. The molecule has 3 aromatic rings. The van der Waals surface area contributed by atoms with Crippen LogP contribution >= 0.6 is 11.6 Å². The molecule has 0 unspecified atom stereocenters. The summed E-state index contributed by atoms with van der Waals surface area (Å²) < 4.78 is 43.3. The number of carbonyl (C=O) groups is 1. The second-order valence-electron chi connectivity index (χ2n) is 8.74. The Hall–Kier alpha value is -2.95. The largest absolute Gasteiger partial charge is 0.369 e. The second kappa shape index (κ2) is 10.6. The maximum absolute atomic E-state index is 13.6. The van der Waals surface area contributed by atoms with Crippen LogP contribution in [0.5, 0.6) is 0 Å². The number of amides is 1. The van der Waals surface area contributed by atoms with E-state index in [0.29, 0.717) is 25.2 Å². The molecule has 1 saturated heterocycles. The minimum atomic E-state index is -4.00. The lowest BCUT2D eigenvalue weighted by Gasteiger charge is -2.36. The summed E-state index contributed by atoms with van der Waals surface area (Å²) in [5.74, 6) is -1.13. The van der Waals surface area contributed by atoms with E-state index in [1.165, 1.54) is 44.5 Å². The maximum Gasteiger partial charge on any atom is 0.263 e. The Kier molecular flexibility index (Phi) is 7.67. The molecule has 192 valence electrons. The van der Waals surface area contributed by atoms with Crippen molar-refractivity contribution < 1.29 is 17.6 Å². The molecule has 0 spiro atoms. The number of nitrogens with one attached hydrogen (secondary N) is 1. The molecule has 1 aliphatic heterocycles. The van der Waals surface area contributed by atoms with Crippen LogP contribution in [0.1, 0.15) is 34.0 Å². The van der Waals surface area contributed by atoms with E-state index in [-0.39, 0.29) is 35.2 Å². The van der Waals surface area contributed by atoms with Gasteiger partial charge in [-0.25, -0.2) is 12.8 Å². The number of halogens is 2. The maximum atomic E-state index is 13.6. The average Bonchev–Trinajstić information content (AvgIpc) is 3.32. The molecular formula is C25H29ClFN5O3S. The minimum absolute atomic E-state index is 0.0259. The molecule has 0 radical (unpaired) electrons. The normalized spacial score (nSPS) is 14.8. The Balaban J connectivity index is 1.51. The molecule has 0 atom stereocenters. The zero-order chi connectivity index (χ0) is 26.0. The summed E-state index contributed by atoms with van der Waals surface area (Å²) in [7, 11) is -4.00. The van der Waals surface area contributed by atoms with Crippen molar-refractivity contribution >= 4 is 33.2 Å². The van der Waals surface area contributed by atoms with Crippen molar-refractivity contribution in [1.29, 1.82) is 0 Å². The fourth-order valence-corrected chi connectivity index (χ4v) is 5.93. The molecule has 0 bridgehead atoms. The van der Waals surface area contributed by atoms with Crippen LogP contribution in [0.25, 0.3) is 0 Å². The molecule has 2 heterocycles. The number of aryl methyl sites for hydroxylation is 2. The second-order valence-corrected chi connectivity index (χ2v) is 11.0. The highest BCUT2D eigenvalue weighted by Gasteiger charge is 2.35. The smallest absolute Gasteiger partial charge is 0.263 e. The summed E-state index contributed by atoms with van der Waals surface area (Å²) in [5, 5.41) is 6.60. The Morgan fingerprint density at radius 1 is 1.14 bits per heavy atom. The quantitative estimate of drug-likeness (QED) is 0.500. The van der Waals surface area contributed by atoms with Gasteiger partial charge in [0.25, 0.3) is 15.9 Å². The molecule has 8 nitrogen and oxygen atoms in total. The Morgan fingerprint density at radius 2 is 1.86 bits per heavy atom. The number of hydrogen-bond donors (Lipinski definition) is 1. The number of benzene rings is 2. The van der Waals surface area contributed by atoms with Gasteiger partial charge in [0.05, 0.1) is 10.6 Å². The fraction of sp³-hybridized carbons (Fsp3) is 0.360. The summed E-state index contributed by atoms with van der Waals surface area (Å²) in [6.45, 7) is 8.03. The van der Waals surface area contributed by atoms with Crippen LogP contribution in [0.15, 0.2) is 47.6 Å². The topological polar surface area (TPSA) is 87.5 Å². The molecule has 1 N–H and O–H groups in total. The van der Waals surface area contributed by atoms with E-state index in [1.54, 1.807) is 0 Å². The monoisotopic (exact) mass is 533 g/mol. The standard InChI is InChI=1S/C25H29ClFN5O3S/c1-4-31-16-20(24(33)28-15-19-8-9-22(27)21(26)14-19)25(29-31)36(34,35)32-12-10-30(11-13-32)23-7-5-6-17(2)18(23)3/h5-9,14,16H,4,10-13,15H2,1-3H3,(H,28,33). The van der Waals surface area contributed by atoms with Crippen LogP contribution in [0.4, 0.5) is 10.1 Å². The van der Waals surface area contributed by atoms with Gasteiger partial charge in [0.1, 0.15) is 5.82 Å². The van der Waals surface area contributed by atoms with Gasteiger partial charge >= 0.3 is 0 Å². The van der Waals surface area contributed by atoms with Crippen LogP contribution < -0.4 is 10.2 Å². The van der Waals surface area contributed by atoms with Crippen LogP contribution in [0.3, 0.4) is 0 Å². The highest BCUT2D eigenvalue weighted by atomic mass is 35.5. The van der Waals surface area contributed by atoms with Gasteiger partial charge in [0, 0.05) is 51.2 Å². The molecule has 1 aromatic heterocycles. The zero-order valence-electron chi connectivity index (χ0n) is 20.5. The summed E-state index contributed by atoms with van der Waals surface area (Å²) in [5.41, 5.74) is 4.03. The number of piperazine rings is 1. The summed E-state index contributed by atoms with van der Waals surface area (Å²) >= 11 is 5.82. The highest BCUT2D eigenvalue weighted by molar-refractivity contribution is 7.89. The third-order valence-corrected chi connectivity index (χ3v) is 8.60. The molecule has 1 fully saturated rings. The van der Waals surface area contributed by atoms with E-state index >= 15 is 0 Å². The average molecular weight is 534 g/mol. The first-order valence-corrected chi connectivity index (χ1v) is 13.5. The van der Waals surface area contributed by atoms with Crippen LogP contribution in [0, 0.1) is 19.7 Å². The number of sulfonamides is 1. The summed E-state index contributed by atoms with van der Waals surface area (Å²) in [6, 6.07) is 10.2. The molecule has 11 heteroatoms. The van der Waals surface area contributed by atoms with Crippen molar-refractivity contribution in [1.82, 2.24) is 19.4 Å². The predicted octanol–water partition coefficient (Wildman–Crippen LogP) is 3.75. The molecule has 1 amide bonds. The van der Waals surface area contributed by atoms with E-state index in [1.807, 2.05) is 19.1 Å². The number of nitrogens with zero attached hydrogens (tertiary/aromatic N) is 4. The minimum Gasteiger partial charge on any atom is -0.369 e. The molecule has 1 aliphatic rings. The molecule has 4 rings (SSSR count). The van der Waals surface area contributed by atoms with Crippen molar-refractivity contribution in [3.8, 4) is 0 Å². The highest BCUT2D eigenvalue weighted by Crippen LogP contribution is 2.26. The number of carbonyl (C=O) groups excluding carboxylic acids is 1. The number of anilines is 1. The van der Waals surface area contributed by atoms with E-state index in [9.17, 15) is 17.6 Å². The lowest BCUT2D eigenvalue weighted by Crippen LogP contribution is -2.49. The van der Waals surface area contributed by atoms with Crippen LogP contribution in [-0.4, -0.2) is 54.6 Å². The van der Waals surface area contributed by atoms with Crippen molar-refractivity contribution in [3.63, 3.8) is 0 Å². The predicted molar refractivity (Wildman–Crippen MR) is 137 cm³/mol. The zero-order valence-corrected chi connectivity index (χ0v) is 22.0. The Morgan fingerprint density at radius 3 is 2.53 bits per heavy atom. The van der Waals surface area contributed by atoms with Gasteiger partial charge in [-0.15, -0.1) is 0 Å². The van der Waals surface area contributed by atoms with Crippen molar-refractivity contribution in [3.05, 3.63) is 75.7 Å². The summed E-state index contributed by atoms with van der Waals surface area (Å²) in [6.07, 6.45) is 1.44. The summed E-state index contributed by atoms with van der Waals surface area (Å²) in [4.78, 5) is 15.2. The van der Waals surface area contributed by atoms with E-state index < -0.39 is 21.7 Å². The van der Waals surface area contributed by atoms with Gasteiger partial charge in [0.2, 0.25) is 5.03 Å². The SMILES string of the molecule is CCn1cc(C(=O)NCc2ccc(F)c(Cl)c2)c(S(=O)(=O)N2CCN(c3cccc(C)c3C)CC2)n1. The van der Waals surface area contributed by atoms with Crippen molar-refractivity contribution in [2.45, 2.75) is 38.9 Å². The van der Waals surface area contributed by atoms with Gasteiger partial charge < -0.3 is 10.2 Å². The molecule has 2 aromatic carbocycles. The van der Waals surface area contributed by atoms with E-state index in [2.05, 4.69) is 35.2 Å². The van der Waals surface area contributed by atoms with Crippen molar-refractivity contribution in [2.24, 2.45) is 0 Å². The molecule has 0 saturated carbocycles. The first kappa shape index (κ1) is 26.1. The third-order valence-electron chi connectivity index (χ3n) is 6.47. The van der Waals surface area contributed by atoms with Crippen LogP contribution in [-0.2, 0) is 23.1 Å². The molecular weight excluding hydrogens is 505 g/mol. The Labute approximate surface area is 215 Å². The fourth-order valence-electron chi connectivity index (χ4n) is 4.21.